The van der Waals surface area contributed by atoms with Crippen LogP contribution in [0.25, 0.3) is 10.9 Å². The summed E-state index contributed by atoms with van der Waals surface area (Å²) in [5.41, 5.74) is 8.92. The van der Waals surface area contributed by atoms with Crippen molar-refractivity contribution < 1.29 is 4.52 Å². The fourth-order valence-electron chi connectivity index (χ4n) is 2.18. The second kappa shape index (κ2) is 4.31. The number of aryl methyl sites for hydroxylation is 1. The molecule has 0 atom stereocenters. The molecule has 0 fully saturated rings. The zero-order valence-corrected chi connectivity index (χ0v) is 10.3. The van der Waals surface area contributed by atoms with Gasteiger partial charge in [0.05, 0.1) is 6.54 Å². The van der Waals surface area contributed by atoms with Gasteiger partial charge < -0.3 is 14.8 Å². The van der Waals surface area contributed by atoms with E-state index in [-0.39, 0.29) is 0 Å². The molecule has 0 saturated heterocycles. The molecule has 0 unspecified atom stereocenters. The Labute approximate surface area is 105 Å². The second-order valence-electron chi connectivity index (χ2n) is 4.47. The molecular formula is C14H15N3O. The second-order valence-corrected chi connectivity index (χ2v) is 4.47. The highest BCUT2D eigenvalue weighted by Crippen LogP contribution is 2.18. The molecule has 18 heavy (non-hydrogen) atoms. The standard InChI is InChI=1S/C14H15N3O/c1-10-6-13(16-18-10)9-17-5-4-12-7-11(8-15)2-3-14(12)17/h2-7H,8-9,15H2,1H3. The molecule has 0 radical (unpaired) electrons. The van der Waals surface area contributed by atoms with Gasteiger partial charge in [-0.3, -0.25) is 0 Å². The van der Waals surface area contributed by atoms with Crippen LogP contribution in [0.15, 0.2) is 41.1 Å². The van der Waals surface area contributed by atoms with Crippen molar-refractivity contribution in [2.45, 2.75) is 20.0 Å². The molecule has 2 aromatic heterocycles. The highest BCUT2D eigenvalue weighted by atomic mass is 16.5. The quantitative estimate of drug-likeness (QED) is 0.766. The van der Waals surface area contributed by atoms with Gasteiger partial charge in [0.1, 0.15) is 11.5 Å². The summed E-state index contributed by atoms with van der Waals surface area (Å²) in [4.78, 5) is 0. The molecule has 2 heterocycles. The van der Waals surface area contributed by atoms with Gasteiger partial charge in [-0.25, -0.2) is 0 Å². The van der Waals surface area contributed by atoms with E-state index in [4.69, 9.17) is 10.3 Å². The molecule has 1 aromatic carbocycles. The number of aromatic nitrogens is 2. The minimum Gasteiger partial charge on any atom is -0.361 e. The maximum atomic E-state index is 5.64. The van der Waals surface area contributed by atoms with Gasteiger partial charge in [-0.15, -0.1) is 0 Å². The van der Waals surface area contributed by atoms with E-state index in [0.717, 1.165) is 23.6 Å². The predicted octanol–water partition coefficient (Wildman–Crippen LogP) is 2.44. The van der Waals surface area contributed by atoms with Crippen LogP contribution < -0.4 is 5.73 Å². The van der Waals surface area contributed by atoms with E-state index in [1.165, 1.54) is 10.9 Å². The first-order valence-corrected chi connectivity index (χ1v) is 5.96. The molecule has 3 rings (SSSR count). The SMILES string of the molecule is Cc1cc(Cn2ccc3cc(CN)ccc32)no1. The summed E-state index contributed by atoms with van der Waals surface area (Å²) in [5.74, 6) is 0.840. The molecule has 0 aliphatic carbocycles. The first kappa shape index (κ1) is 11.0. The van der Waals surface area contributed by atoms with Gasteiger partial charge >= 0.3 is 0 Å². The van der Waals surface area contributed by atoms with Crippen LogP contribution in [0.4, 0.5) is 0 Å². The molecule has 0 aliphatic rings. The maximum absolute atomic E-state index is 5.64. The van der Waals surface area contributed by atoms with Gasteiger partial charge in [-0.1, -0.05) is 11.2 Å². The summed E-state index contributed by atoms with van der Waals surface area (Å²) < 4.78 is 7.24. The molecule has 4 nitrogen and oxygen atoms in total. The van der Waals surface area contributed by atoms with Crippen LogP contribution in [0.3, 0.4) is 0 Å². The molecule has 4 heteroatoms. The van der Waals surface area contributed by atoms with Crippen LogP contribution in [0.5, 0.6) is 0 Å². The smallest absolute Gasteiger partial charge is 0.133 e. The predicted molar refractivity (Wildman–Crippen MR) is 70.2 cm³/mol. The van der Waals surface area contributed by atoms with Gasteiger partial charge in [-0.2, -0.15) is 0 Å². The van der Waals surface area contributed by atoms with E-state index < -0.39 is 0 Å². The number of benzene rings is 1. The lowest BCUT2D eigenvalue weighted by Gasteiger charge is -2.03. The van der Waals surface area contributed by atoms with Gasteiger partial charge in [-0.05, 0) is 36.1 Å². The summed E-state index contributed by atoms with van der Waals surface area (Å²) in [6, 6.07) is 10.3. The summed E-state index contributed by atoms with van der Waals surface area (Å²) in [6.07, 6.45) is 2.06. The van der Waals surface area contributed by atoms with Crippen LogP contribution in [0.2, 0.25) is 0 Å². The van der Waals surface area contributed by atoms with Gasteiger partial charge in [0.25, 0.3) is 0 Å². The third kappa shape index (κ3) is 1.91. The topological polar surface area (TPSA) is 57.0 Å². The fourth-order valence-corrected chi connectivity index (χ4v) is 2.18. The van der Waals surface area contributed by atoms with Gasteiger partial charge in [0, 0.05) is 24.3 Å². The van der Waals surface area contributed by atoms with Crippen LogP contribution >= 0.6 is 0 Å². The van der Waals surface area contributed by atoms with Gasteiger partial charge in [0.2, 0.25) is 0 Å². The van der Waals surface area contributed by atoms with Crippen molar-refractivity contribution in [2.75, 3.05) is 0 Å². The minimum absolute atomic E-state index is 0.573. The Kier molecular flexibility index (Phi) is 2.64. The molecular weight excluding hydrogens is 226 g/mol. The number of nitrogens with zero attached hydrogens (tertiary/aromatic N) is 2. The first-order valence-electron chi connectivity index (χ1n) is 5.96. The molecule has 3 aromatic rings. The number of nitrogens with two attached hydrogens (primary N) is 1. The maximum Gasteiger partial charge on any atom is 0.133 e. The molecule has 0 aliphatic heterocycles. The lowest BCUT2D eigenvalue weighted by atomic mass is 10.1. The van der Waals surface area contributed by atoms with Crippen LogP contribution in [-0.4, -0.2) is 9.72 Å². The lowest BCUT2D eigenvalue weighted by molar-refractivity contribution is 0.389. The third-order valence-corrected chi connectivity index (χ3v) is 3.08. The van der Waals surface area contributed by atoms with Crippen molar-refractivity contribution in [3.05, 3.63) is 53.5 Å². The largest absolute Gasteiger partial charge is 0.361 e. The average Bonchev–Trinajstić information content (AvgIpc) is 2.96. The highest BCUT2D eigenvalue weighted by molar-refractivity contribution is 5.80. The Bertz CT molecular complexity index is 681. The minimum atomic E-state index is 0.573. The molecule has 0 amide bonds. The van der Waals surface area contributed by atoms with E-state index >= 15 is 0 Å². The summed E-state index contributed by atoms with van der Waals surface area (Å²) >= 11 is 0. The normalized spacial score (nSPS) is 11.2. The van der Waals surface area contributed by atoms with Crippen molar-refractivity contribution in [2.24, 2.45) is 5.73 Å². The van der Waals surface area contributed by atoms with Crippen molar-refractivity contribution in [3.63, 3.8) is 0 Å². The lowest BCUT2D eigenvalue weighted by Crippen LogP contribution is -1.99. The Hall–Kier alpha value is -2.07. The fraction of sp³-hybridized carbons (Fsp3) is 0.214. The van der Waals surface area contributed by atoms with E-state index in [1.807, 2.05) is 13.0 Å². The number of hydrogen-bond acceptors (Lipinski definition) is 3. The van der Waals surface area contributed by atoms with E-state index in [0.29, 0.717) is 6.54 Å². The van der Waals surface area contributed by atoms with Crippen LogP contribution in [0, 0.1) is 6.92 Å². The summed E-state index contributed by atoms with van der Waals surface area (Å²) in [5, 5.41) is 5.22. The van der Waals surface area contributed by atoms with Crippen molar-refractivity contribution in [1.82, 2.24) is 9.72 Å². The Morgan fingerprint density at radius 3 is 2.89 bits per heavy atom. The molecule has 2 N–H and O–H groups in total. The molecule has 0 bridgehead atoms. The summed E-state index contributed by atoms with van der Waals surface area (Å²) in [7, 11) is 0. The van der Waals surface area contributed by atoms with Crippen molar-refractivity contribution in [1.29, 1.82) is 0 Å². The van der Waals surface area contributed by atoms with E-state index in [1.54, 1.807) is 0 Å². The molecule has 0 saturated carbocycles. The van der Waals surface area contributed by atoms with E-state index in [2.05, 4.69) is 40.2 Å². The Morgan fingerprint density at radius 1 is 1.28 bits per heavy atom. The Morgan fingerprint density at radius 2 is 2.17 bits per heavy atom. The highest BCUT2D eigenvalue weighted by Gasteiger charge is 2.05. The van der Waals surface area contributed by atoms with Crippen molar-refractivity contribution in [3.8, 4) is 0 Å². The van der Waals surface area contributed by atoms with Gasteiger partial charge in [0.15, 0.2) is 0 Å². The van der Waals surface area contributed by atoms with E-state index in [9.17, 15) is 0 Å². The number of fused-ring (bicyclic) bond motifs is 1. The van der Waals surface area contributed by atoms with Crippen LogP contribution in [0.1, 0.15) is 17.0 Å². The Balaban J connectivity index is 1.97. The van der Waals surface area contributed by atoms with Crippen LogP contribution in [-0.2, 0) is 13.1 Å². The third-order valence-electron chi connectivity index (χ3n) is 3.08. The monoisotopic (exact) mass is 241 g/mol. The number of rotatable bonds is 3. The zero-order valence-electron chi connectivity index (χ0n) is 10.3. The molecule has 92 valence electrons. The summed E-state index contributed by atoms with van der Waals surface area (Å²) in [6.45, 7) is 3.20. The zero-order chi connectivity index (χ0) is 12.5. The number of hydrogen-bond donors (Lipinski definition) is 1. The van der Waals surface area contributed by atoms with Crippen molar-refractivity contribution >= 4 is 10.9 Å². The first-order chi connectivity index (χ1) is 8.76. The average molecular weight is 241 g/mol. The molecule has 0 spiro atoms.